The molecular formula is C25H15BrF2O. The molecule has 1 aliphatic rings. The summed E-state index contributed by atoms with van der Waals surface area (Å²) in [5.74, 6) is -1.12. The van der Waals surface area contributed by atoms with Gasteiger partial charge in [0.2, 0.25) is 0 Å². The van der Waals surface area contributed by atoms with Crippen molar-refractivity contribution in [3.05, 3.63) is 123 Å². The fraction of sp³-hybridized carbons (Fsp3) is 0.0400. The smallest absolute Gasteiger partial charge is 0.130 e. The first-order valence-electron chi connectivity index (χ1n) is 9.17. The summed E-state index contributed by atoms with van der Waals surface area (Å²) in [5, 5.41) is 9.84. The van der Waals surface area contributed by atoms with Gasteiger partial charge in [-0.1, -0.05) is 64.5 Å². The van der Waals surface area contributed by atoms with Crippen molar-refractivity contribution in [2.75, 3.05) is 0 Å². The van der Waals surface area contributed by atoms with Crippen molar-refractivity contribution in [3.8, 4) is 16.9 Å². The summed E-state index contributed by atoms with van der Waals surface area (Å²) < 4.78 is 31.4. The van der Waals surface area contributed by atoms with Crippen LogP contribution >= 0.6 is 15.9 Å². The Morgan fingerprint density at radius 3 is 2.07 bits per heavy atom. The summed E-state index contributed by atoms with van der Waals surface area (Å²) >= 11 is 3.53. The molecular weight excluding hydrogens is 434 g/mol. The predicted octanol–water partition coefficient (Wildman–Crippen LogP) is 6.80. The van der Waals surface area contributed by atoms with Crippen LogP contribution in [0.2, 0.25) is 0 Å². The normalized spacial score (nSPS) is 17.1. The third-order valence-electron chi connectivity index (χ3n) is 5.64. The molecule has 1 aliphatic carbocycles. The molecule has 0 heterocycles. The molecule has 4 aromatic rings. The number of phenolic OH excluding ortho intramolecular Hbond substituents is 1. The van der Waals surface area contributed by atoms with Crippen molar-refractivity contribution in [1.29, 1.82) is 0 Å². The first kappa shape index (κ1) is 18.1. The van der Waals surface area contributed by atoms with Gasteiger partial charge in [-0.3, -0.25) is 0 Å². The zero-order valence-electron chi connectivity index (χ0n) is 15.2. The van der Waals surface area contributed by atoms with Crippen LogP contribution in [0.1, 0.15) is 22.3 Å². The van der Waals surface area contributed by atoms with E-state index in [1.807, 2.05) is 42.5 Å². The molecule has 0 bridgehead atoms. The molecule has 1 nitrogen and oxygen atoms in total. The minimum atomic E-state index is -1.18. The highest BCUT2D eigenvalue weighted by molar-refractivity contribution is 9.10. The second kappa shape index (κ2) is 6.53. The van der Waals surface area contributed by atoms with Crippen LogP contribution in [-0.2, 0) is 5.41 Å². The van der Waals surface area contributed by atoms with Crippen LogP contribution in [0.4, 0.5) is 8.78 Å². The maximum atomic E-state index is 15.3. The lowest BCUT2D eigenvalue weighted by atomic mass is 9.67. The summed E-state index contributed by atoms with van der Waals surface area (Å²) in [5.41, 5.74) is 2.95. The first-order chi connectivity index (χ1) is 14.0. The zero-order valence-corrected chi connectivity index (χ0v) is 16.8. The maximum Gasteiger partial charge on any atom is 0.130 e. The minimum absolute atomic E-state index is 0.0185. The van der Waals surface area contributed by atoms with E-state index in [-0.39, 0.29) is 11.3 Å². The Labute approximate surface area is 175 Å². The zero-order chi connectivity index (χ0) is 20.2. The van der Waals surface area contributed by atoms with Crippen molar-refractivity contribution in [1.82, 2.24) is 0 Å². The van der Waals surface area contributed by atoms with Gasteiger partial charge in [-0.2, -0.15) is 0 Å². The van der Waals surface area contributed by atoms with Crippen molar-refractivity contribution in [2.45, 2.75) is 5.41 Å². The molecule has 4 aromatic carbocycles. The van der Waals surface area contributed by atoms with Crippen LogP contribution < -0.4 is 0 Å². The number of rotatable bonds is 2. The van der Waals surface area contributed by atoms with Crippen molar-refractivity contribution in [2.24, 2.45) is 0 Å². The van der Waals surface area contributed by atoms with Crippen molar-refractivity contribution < 1.29 is 13.9 Å². The van der Waals surface area contributed by atoms with Gasteiger partial charge in [0.1, 0.15) is 17.4 Å². The Hall–Kier alpha value is -2.98. The van der Waals surface area contributed by atoms with Gasteiger partial charge < -0.3 is 5.11 Å². The average molecular weight is 449 g/mol. The summed E-state index contributed by atoms with van der Waals surface area (Å²) in [7, 11) is 0. The topological polar surface area (TPSA) is 20.2 Å². The van der Waals surface area contributed by atoms with E-state index >= 15 is 8.78 Å². The summed E-state index contributed by atoms with van der Waals surface area (Å²) in [6, 6.07) is 24.0. The van der Waals surface area contributed by atoms with Gasteiger partial charge in [-0.25, -0.2) is 8.78 Å². The van der Waals surface area contributed by atoms with Gasteiger partial charge in [0, 0.05) is 10.0 Å². The summed E-state index contributed by atoms with van der Waals surface area (Å²) in [4.78, 5) is 0. The van der Waals surface area contributed by atoms with E-state index in [1.165, 1.54) is 18.2 Å². The quantitative estimate of drug-likeness (QED) is 0.315. The number of halogens is 3. The second-order valence-corrected chi connectivity index (χ2v) is 8.04. The fourth-order valence-electron chi connectivity index (χ4n) is 4.54. The Morgan fingerprint density at radius 2 is 1.34 bits per heavy atom. The van der Waals surface area contributed by atoms with E-state index in [0.29, 0.717) is 5.56 Å². The van der Waals surface area contributed by atoms with Crippen LogP contribution in [0.15, 0.2) is 89.4 Å². The molecule has 142 valence electrons. The number of phenols is 1. The van der Waals surface area contributed by atoms with E-state index < -0.39 is 17.0 Å². The highest BCUT2D eigenvalue weighted by Gasteiger charge is 2.49. The van der Waals surface area contributed by atoms with E-state index in [1.54, 1.807) is 24.3 Å². The van der Waals surface area contributed by atoms with Crippen LogP contribution in [-0.4, -0.2) is 5.11 Å². The lowest BCUT2D eigenvalue weighted by molar-refractivity contribution is 0.474. The van der Waals surface area contributed by atoms with E-state index in [9.17, 15) is 5.11 Å². The molecule has 0 aliphatic heterocycles. The third kappa shape index (κ3) is 2.49. The van der Waals surface area contributed by atoms with Gasteiger partial charge >= 0.3 is 0 Å². The highest BCUT2D eigenvalue weighted by atomic mass is 79.9. The number of benzene rings is 4. The van der Waals surface area contributed by atoms with Gasteiger partial charge in [0.15, 0.2) is 0 Å². The number of hydrogen-bond acceptors (Lipinski definition) is 1. The standard InChI is InChI=1S/C25H15BrF2O/c26-16-10-13-19-18-4-1-2-5-20(18)25(21(19)14-16,15-8-11-17(29)12-9-15)24-22(27)6-3-7-23(24)28/h1-14,29H. The van der Waals surface area contributed by atoms with Crippen LogP contribution in [0.5, 0.6) is 5.75 Å². The largest absolute Gasteiger partial charge is 0.508 e. The Balaban J connectivity index is 2.02. The first-order valence-corrected chi connectivity index (χ1v) is 9.96. The van der Waals surface area contributed by atoms with Gasteiger partial charge in [-0.05, 0) is 64.2 Å². The number of hydrogen-bond donors (Lipinski definition) is 1. The average Bonchev–Trinajstić information content (AvgIpc) is 2.99. The van der Waals surface area contributed by atoms with Gasteiger partial charge in [0.05, 0.1) is 5.41 Å². The fourth-order valence-corrected chi connectivity index (χ4v) is 4.90. The molecule has 5 rings (SSSR count). The molecule has 1 unspecified atom stereocenters. The second-order valence-electron chi connectivity index (χ2n) is 7.13. The Kier molecular flexibility index (Phi) is 4.07. The molecule has 0 saturated heterocycles. The number of fused-ring (bicyclic) bond motifs is 3. The van der Waals surface area contributed by atoms with Crippen LogP contribution in [0, 0.1) is 11.6 Å². The minimum Gasteiger partial charge on any atom is -0.508 e. The van der Waals surface area contributed by atoms with E-state index in [2.05, 4.69) is 15.9 Å². The third-order valence-corrected chi connectivity index (χ3v) is 6.14. The summed E-state index contributed by atoms with van der Waals surface area (Å²) in [6.45, 7) is 0. The molecule has 0 aromatic heterocycles. The molecule has 1 N–H and O–H groups in total. The van der Waals surface area contributed by atoms with Gasteiger partial charge in [0.25, 0.3) is 0 Å². The Bertz CT molecular complexity index is 1230. The molecule has 0 radical (unpaired) electrons. The lowest BCUT2D eigenvalue weighted by Crippen LogP contribution is -2.31. The van der Waals surface area contributed by atoms with E-state index in [0.717, 1.165) is 26.7 Å². The van der Waals surface area contributed by atoms with Gasteiger partial charge in [-0.15, -0.1) is 0 Å². The lowest BCUT2D eigenvalue weighted by Gasteiger charge is -2.34. The molecule has 1 atom stereocenters. The van der Waals surface area contributed by atoms with Crippen molar-refractivity contribution >= 4 is 15.9 Å². The van der Waals surface area contributed by atoms with Crippen molar-refractivity contribution in [3.63, 3.8) is 0 Å². The molecule has 0 amide bonds. The summed E-state index contributed by atoms with van der Waals surface area (Å²) in [6.07, 6.45) is 0. The monoisotopic (exact) mass is 448 g/mol. The molecule has 0 fully saturated rings. The Morgan fingerprint density at radius 1 is 0.690 bits per heavy atom. The maximum absolute atomic E-state index is 15.3. The molecule has 0 spiro atoms. The highest BCUT2D eigenvalue weighted by Crippen LogP contribution is 2.57. The number of aromatic hydroxyl groups is 1. The predicted molar refractivity (Wildman–Crippen MR) is 113 cm³/mol. The molecule has 4 heteroatoms. The molecule has 0 saturated carbocycles. The SMILES string of the molecule is Oc1ccc(C2(c3c(F)cccc3F)c3ccccc3-c3ccc(Br)cc32)cc1. The van der Waals surface area contributed by atoms with Crippen LogP contribution in [0.3, 0.4) is 0 Å². The van der Waals surface area contributed by atoms with Crippen LogP contribution in [0.25, 0.3) is 11.1 Å². The van der Waals surface area contributed by atoms with E-state index in [4.69, 9.17) is 0 Å². The molecule has 29 heavy (non-hydrogen) atoms.